The molecule has 1 spiro atoms. The normalized spacial score (nSPS) is 54.8. The molecule has 0 radical (unpaired) electrons. The fourth-order valence-electron chi connectivity index (χ4n) is 8.13. The average Bonchev–Trinajstić information content (AvgIpc) is 2.95. The van der Waals surface area contributed by atoms with Gasteiger partial charge in [0.2, 0.25) is 0 Å². The van der Waals surface area contributed by atoms with Crippen molar-refractivity contribution in [1.29, 1.82) is 0 Å². The maximum Gasteiger partial charge on any atom is 0.281 e. The van der Waals surface area contributed by atoms with Crippen molar-refractivity contribution in [2.45, 2.75) is 76.7 Å². The molecule has 1 aliphatic heterocycles. The maximum absolute atomic E-state index is 17.2. The van der Waals surface area contributed by atoms with E-state index in [1.165, 1.54) is 19.3 Å². The van der Waals surface area contributed by atoms with Gasteiger partial charge in [0.25, 0.3) is 5.97 Å². The van der Waals surface area contributed by atoms with Gasteiger partial charge in [-0.3, -0.25) is 9.59 Å². The van der Waals surface area contributed by atoms with E-state index in [0.29, 0.717) is 19.3 Å². The molecule has 5 rings (SSSR count). The van der Waals surface area contributed by atoms with Gasteiger partial charge < -0.3 is 19.3 Å². The Kier molecular flexibility index (Phi) is 4.61. The van der Waals surface area contributed by atoms with Crippen molar-refractivity contribution in [2.75, 3.05) is 13.7 Å². The highest BCUT2D eigenvalue weighted by molar-refractivity contribution is 6.01. The van der Waals surface area contributed by atoms with Crippen molar-refractivity contribution in [2.24, 2.45) is 28.6 Å². The molecule has 9 atom stereocenters. The number of hydrogen-bond donors (Lipinski definition) is 1. The lowest BCUT2D eigenvalue weighted by molar-refractivity contribution is -0.420. The molecule has 0 bridgehead atoms. The van der Waals surface area contributed by atoms with Gasteiger partial charge in [-0.1, -0.05) is 25.5 Å². The van der Waals surface area contributed by atoms with Crippen LogP contribution in [0.25, 0.3) is 0 Å². The number of allylic oxidation sites excluding steroid dienone is 4. The first-order valence-corrected chi connectivity index (χ1v) is 11.6. The van der Waals surface area contributed by atoms with Crippen molar-refractivity contribution in [3.05, 3.63) is 23.8 Å². The number of rotatable bonds is 1. The Hall–Kier alpha value is -1.41. The minimum atomic E-state index is -1.93. The predicted molar refractivity (Wildman–Crippen MR) is 113 cm³/mol. The third kappa shape index (κ3) is 2.38. The summed E-state index contributed by atoms with van der Waals surface area (Å²) in [4.78, 5) is 25.4. The maximum atomic E-state index is 17.2. The zero-order chi connectivity index (χ0) is 23.3. The molecule has 1 unspecified atom stereocenters. The molecule has 6 nitrogen and oxygen atoms in total. The number of Topliss-reactive ketones (excluding diaryl/α,β-unsaturated/α-hetero) is 1. The summed E-state index contributed by atoms with van der Waals surface area (Å²) < 4.78 is 34.6. The number of ether oxygens (including phenoxy) is 3. The van der Waals surface area contributed by atoms with E-state index in [0.717, 1.165) is 5.57 Å². The average molecular weight is 449 g/mol. The van der Waals surface area contributed by atoms with Crippen LogP contribution in [0.1, 0.15) is 53.4 Å². The van der Waals surface area contributed by atoms with Gasteiger partial charge in [-0.25, -0.2) is 4.39 Å². The largest absolute Gasteiger partial charge is 0.390 e. The Morgan fingerprint density at radius 2 is 1.94 bits per heavy atom. The van der Waals surface area contributed by atoms with E-state index >= 15 is 4.39 Å². The monoisotopic (exact) mass is 448 g/mol. The molecule has 0 amide bonds. The van der Waals surface area contributed by atoms with E-state index in [9.17, 15) is 14.7 Å². The number of carbonyl (C=O) groups excluding carboxylic acids is 2. The minimum absolute atomic E-state index is 0.0885. The fourth-order valence-corrected chi connectivity index (χ4v) is 8.13. The fraction of sp³-hybridized carbons (Fsp3) is 0.760. The molecule has 3 saturated carbocycles. The van der Waals surface area contributed by atoms with Gasteiger partial charge in [0.15, 0.2) is 17.2 Å². The van der Waals surface area contributed by atoms with Gasteiger partial charge in [0.1, 0.15) is 12.2 Å². The van der Waals surface area contributed by atoms with Gasteiger partial charge in [0.05, 0.1) is 6.10 Å². The number of aliphatic hydroxyl groups excluding tert-OH is 1. The van der Waals surface area contributed by atoms with Gasteiger partial charge in [-0.15, -0.1) is 0 Å². The topological polar surface area (TPSA) is 82.1 Å². The van der Waals surface area contributed by atoms with Gasteiger partial charge >= 0.3 is 0 Å². The number of hydrogen-bond acceptors (Lipinski definition) is 6. The summed E-state index contributed by atoms with van der Waals surface area (Å²) >= 11 is 0. The van der Waals surface area contributed by atoms with Crippen molar-refractivity contribution in [3.63, 3.8) is 0 Å². The van der Waals surface area contributed by atoms with Crippen LogP contribution in [0.15, 0.2) is 23.8 Å². The van der Waals surface area contributed by atoms with Gasteiger partial charge in [-0.2, -0.15) is 0 Å². The predicted octanol–water partition coefficient (Wildman–Crippen LogP) is 3.28. The number of methoxy groups -OCH3 is 1. The molecule has 0 aromatic carbocycles. The lowest BCUT2D eigenvalue weighted by atomic mass is 9.44. The smallest absolute Gasteiger partial charge is 0.281 e. The van der Waals surface area contributed by atoms with Crippen molar-refractivity contribution < 1.29 is 33.3 Å². The van der Waals surface area contributed by atoms with E-state index < -0.39 is 40.1 Å². The molecule has 1 N–H and O–H groups in total. The van der Waals surface area contributed by atoms with Crippen LogP contribution < -0.4 is 0 Å². The molecular weight excluding hydrogens is 415 g/mol. The molecule has 0 aromatic heterocycles. The van der Waals surface area contributed by atoms with Crippen LogP contribution in [0.2, 0.25) is 0 Å². The number of aliphatic hydroxyl groups is 1. The van der Waals surface area contributed by atoms with Crippen molar-refractivity contribution in [3.8, 4) is 0 Å². The Bertz CT molecular complexity index is 945. The van der Waals surface area contributed by atoms with Crippen LogP contribution in [0, 0.1) is 28.6 Å². The van der Waals surface area contributed by atoms with E-state index in [1.807, 2.05) is 13.8 Å². The molecule has 176 valence electrons. The summed E-state index contributed by atoms with van der Waals surface area (Å²) in [5.74, 6) is -2.51. The van der Waals surface area contributed by atoms with E-state index in [1.54, 1.807) is 19.9 Å². The van der Waals surface area contributed by atoms with Crippen LogP contribution in [-0.4, -0.2) is 53.7 Å². The lowest BCUT2D eigenvalue weighted by Gasteiger charge is -2.63. The highest BCUT2D eigenvalue weighted by atomic mass is 19.1. The molecule has 0 aromatic rings. The Morgan fingerprint density at radius 1 is 1.22 bits per heavy atom. The molecule has 4 fully saturated rings. The van der Waals surface area contributed by atoms with Crippen molar-refractivity contribution >= 4 is 11.6 Å². The Balaban J connectivity index is 1.62. The second-order valence-corrected chi connectivity index (χ2v) is 11.0. The van der Waals surface area contributed by atoms with Crippen molar-refractivity contribution in [1.82, 2.24) is 0 Å². The number of halogens is 1. The Morgan fingerprint density at radius 3 is 2.62 bits per heavy atom. The summed E-state index contributed by atoms with van der Waals surface area (Å²) in [6, 6.07) is 0. The van der Waals surface area contributed by atoms with Crippen LogP contribution in [0.5, 0.6) is 0 Å². The first-order chi connectivity index (χ1) is 14.9. The second kappa shape index (κ2) is 6.59. The van der Waals surface area contributed by atoms with Crippen LogP contribution in [0.4, 0.5) is 4.39 Å². The lowest BCUT2D eigenvalue weighted by Crippen LogP contribution is -2.72. The number of alkyl halides is 1. The summed E-state index contributed by atoms with van der Waals surface area (Å²) in [5, 5.41) is 11.5. The van der Waals surface area contributed by atoms with E-state index in [-0.39, 0.29) is 36.4 Å². The van der Waals surface area contributed by atoms with Crippen LogP contribution in [0.3, 0.4) is 0 Å². The van der Waals surface area contributed by atoms with E-state index in [2.05, 4.69) is 0 Å². The van der Waals surface area contributed by atoms with Crippen LogP contribution >= 0.6 is 0 Å². The third-order valence-electron chi connectivity index (χ3n) is 9.78. The Labute approximate surface area is 188 Å². The van der Waals surface area contributed by atoms with Crippen LogP contribution in [-0.2, 0) is 23.8 Å². The molecule has 4 aliphatic carbocycles. The zero-order valence-corrected chi connectivity index (χ0v) is 19.4. The third-order valence-corrected chi connectivity index (χ3v) is 9.78. The van der Waals surface area contributed by atoms with Gasteiger partial charge in [-0.05, 0) is 56.6 Å². The summed E-state index contributed by atoms with van der Waals surface area (Å²) in [5.41, 5.74) is -4.23. The number of fused-ring (bicyclic) bond motifs is 6. The molecule has 5 aliphatic rings. The molecule has 1 saturated heterocycles. The first-order valence-electron chi connectivity index (χ1n) is 11.6. The SMILES string of the molecule is COC1(C)OCC(=O)[C@@]2(O1)[C@@H](C)C[C@H]1[C@@H]3CCC4=CC(=O)C=C[C@]4(C)[C@@]3(F)[C@@H](O)C[C@@]12C. The summed E-state index contributed by atoms with van der Waals surface area (Å²) in [7, 11) is 1.47. The standard InChI is InChI=1S/C25H33FO6/c1-14-10-18-17-7-6-15-11-16(27)8-9-21(15,2)24(17,26)19(28)12-22(18,3)25(14)20(29)13-31-23(4,30-5)32-25/h8-9,11,14,17-19,28H,6-7,10,12-13H2,1-5H3/t14-,17-,18-,19-,21-,22-,23?,24-,25-/m0/s1. The number of ketones is 2. The highest BCUT2D eigenvalue weighted by Crippen LogP contribution is 2.72. The molecule has 32 heavy (non-hydrogen) atoms. The highest BCUT2D eigenvalue weighted by Gasteiger charge is 2.77. The second-order valence-electron chi connectivity index (χ2n) is 11.0. The summed E-state index contributed by atoms with van der Waals surface area (Å²) in [6.45, 7) is 7.24. The number of carbonyl (C=O) groups is 2. The van der Waals surface area contributed by atoms with Gasteiger partial charge in [0, 0.05) is 30.8 Å². The first kappa shape index (κ1) is 22.4. The van der Waals surface area contributed by atoms with E-state index in [4.69, 9.17) is 14.2 Å². The molecular formula is C25H33FO6. The zero-order valence-electron chi connectivity index (χ0n) is 19.4. The summed E-state index contributed by atoms with van der Waals surface area (Å²) in [6.07, 6.45) is 5.11. The quantitative estimate of drug-likeness (QED) is 0.663. The molecule has 7 heteroatoms. The molecule has 1 heterocycles. The minimum Gasteiger partial charge on any atom is -0.390 e.